The summed E-state index contributed by atoms with van der Waals surface area (Å²) in [5.41, 5.74) is 3.14. The topological polar surface area (TPSA) is 21.3 Å². The van der Waals surface area contributed by atoms with Gasteiger partial charge < -0.3 is 10.1 Å². The Labute approximate surface area is 139 Å². The second kappa shape index (κ2) is 5.96. The van der Waals surface area contributed by atoms with E-state index in [1.54, 1.807) is 6.07 Å². The number of anilines is 1. The molecule has 5 heteroatoms. The highest BCUT2D eigenvalue weighted by Crippen LogP contribution is 2.41. The molecule has 0 bridgehead atoms. The fourth-order valence-corrected chi connectivity index (χ4v) is 3.34. The zero-order valence-corrected chi connectivity index (χ0v) is 13.7. The number of nitrogens with one attached hydrogen (secondary N) is 1. The SMILES string of the molecule is Cc1cc(Cl)ccc1NC1CCOc2c(Cl)cc(Cl)cc21. The summed E-state index contributed by atoms with van der Waals surface area (Å²) < 4.78 is 5.67. The molecule has 0 radical (unpaired) electrons. The normalized spacial score (nSPS) is 17.0. The van der Waals surface area contributed by atoms with Crippen LogP contribution in [0.1, 0.15) is 23.6 Å². The van der Waals surface area contributed by atoms with E-state index in [9.17, 15) is 0 Å². The van der Waals surface area contributed by atoms with E-state index in [1.165, 1.54) is 0 Å². The Hall–Kier alpha value is -1.09. The lowest BCUT2D eigenvalue weighted by Crippen LogP contribution is -2.21. The quantitative estimate of drug-likeness (QED) is 0.734. The van der Waals surface area contributed by atoms with Gasteiger partial charge in [-0.05, 0) is 42.8 Å². The van der Waals surface area contributed by atoms with Crippen LogP contribution in [0, 0.1) is 6.92 Å². The molecule has 0 aromatic heterocycles. The molecular weight excluding hydrogens is 329 g/mol. The monoisotopic (exact) mass is 341 g/mol. The fraction of sp³-hybridized carbons (Fsp3) is 0.250. The van der Waals surface area contributed by atoms with E-state index in [2.05, 4.69) is 5.32 Å². The second-order valence-electron chi connectivity index (χ2n) is 5.10. The first-order chi connectivity index (χ1) is 10.0. The maximum Gasteiger partial charge on any atom is 0.143 e. The third-order valence-corrected chi connectivity index (χ3v) is 4.32. The average molecular weight is 343 g/mol. The Bertz CT molecular complexity index is 687. The number of ether oxygens (including phenoxy) is 1. The molecule has 1 atom stereocenters. The first kappa shape index (κ1) is 14.8. The van der Waals surface area contributed by atoms with Gasteiger partial charge in [-0.1, -0.05) is 34.8 Å². The molecule has 0 fully saturated rings. The molecule has 21 heavy (non-hydrogen) atoms. The van der Waals surface area contributed by atoms with Gasteiger partial charge in [0.15, 0.2) is 0 Å². The van der Waals surface area contributed by atoms with Crippen molar-refractivity contribution in [3.8, 4) is 5.75 Å². The number of aryl methyl sites for hydroxylation is 1. The minimum Gasteiger partial charge on any atom is -0.492 e. The van der Waals surface area contributed by atoms with Gasteiger partial charge in [0, 0.05) is 27.7 Å². The molecule has 2 nitrogen and oxygen atoms in total. The first-order valence-corrected chi connectivity index (χ1v) is 7.82. The summed E-state index contributed by atoms with van der Waals surface area (Å²) in [6, 6.07) is 9.53. The largest absolute Gasteiger partial charge is 0.492 e. The van der Waals surface area contributed by atoms with Gasteiger partial charge in [-0.25, -0.2) is 0 Å². The van der Waals surface area contributed by atoms with E-state index >= 15 is 0 Å². The molecule has 110 valence electrons. The number of hydrogen-bond donors (Lipinski definition) is 1. The third-order valence-electron chi connectivity index (χ3n) is 3.58. The molecule has 0 spiro atoms. The van der Waals surface area contributed by atoms with Crippen LogP contribution in [0.3, 0.4) is 0 Å². The summed E-state index contributed by atoms with van der Waals surface area (Å²) in [5, 5.41) is 5.43. The molecular formula is C16H14Cl3NO. The number of halogens is 3. The molecule has 1 N–H and O–H groups in total. The van der Waals surface area contributed by atoms with Crippen LogP contribution < -0.4 is 10.1 Å². The molecule has 1 aliphatic heterocycles. The molecule has 0 saturated carbocycles. The Balaban J connectivity index is 1.95. The number of benzene rings is 2. The molecule has 2 aromatic carbocycles. The van der Waals surface area contributed by atoms with Gasteiger partial charge >= 0.3 is 0 Å². The summed E-state index contributed by atoms with van der Waals surface area (Å²) in [4.78, 5) is 0. The van der Waals surface area contributed by atoms with Crippen molar-refractivity contribution in [1.82, 2.24) is 0 Å². The molecule has 1 unspecified atom stereocenters. The van der Waals surface area contributed by atoms with Crippen LogP contribution >= 0.6 is 34.8 Å². The highest BCUT2D eigenvalue weighted by molar-refractivity contribution is 6.35. The van der Waals surface area contributed by atoms with Crippen LogP contribution in [0.2, 0.25) is 15.1 Å². The van der Waals surface area contributed by atoms with Crippen LogP contribution in [-0.4, -0.2) is 6.61 Å². The van der Waals surface area contributed by atoms with E-state index in [1.807, 2.05) is 31.2 Å². The zero-order valence-electron chi connectivity index (χ0n) is 11.4. The van der Waals surface area contributed by atoms with Crippen molar-refractivity contribution in [3.63, 3.8) is 0 Å². The van der Waals surface area contributed by atoms with Gasteiger partial charge in [0.2, 0.25) is 0 Å². The number of rotatable bonds is 2. The predicted octanol–water partition coefficient (Wildman–Crippen LogP) is 5.89. The third kappa shape index (κ3) is 3.08. The highest BCUT2D eigenvalue weighted by atomic mass is 35.5. The maximum atomic E-state index is 6.21. The van der Waals surface area contributed by atoms with Crippen molar-refractivity contribution >= 4 is 40.5 Å². The summed E-state index contributed by atoms with van der Waals surface area (Å²) in [7, 11) is 0. The van der Waals surface area contributed by atoms with Crippen molar-refractivity contribution in [1.29, 1.82) is 0 Å². The minimum absolute atomic E-state index is 0.116. The van der Waals surface area contributed by atoms with Crippen molar-refractivity contribution in [2.24, 2.45) is 0 Å². The van der Waals surface area contributed by atoms with Gasteiger partial charge in [0.05, 0.1) is 17.7 Å². The summed E-state index contributed by atoms with van der Waals surface area (Å²) in [6.07, 6.45) is 0.853. The number of fused-ring (bicyclic) bond motifs is 1. The lowest BCUT2D eigenvalue weighted by Gasteiger charge is -2.29. The maximum absolute atomic E-state index is 6.21. The van der Waals surface area contributed by atoms with Crippen molar-refractivity contribution in [2.45, 2.75) is 19.4 Å². The van der Waals surface area contributed by atoms with Gasteiger partial charge in [0.1, 0.15) is 5.75 Å². The van der Waals surface area contributed by atoms with Gasteiger partial charge in [-0.2, -0.15) is 0 Å². The van der Waals surface area contributed by atoms with Crippen LogP contribution in [0.5, 0.6) is 5.75 Å². The summed E-state index contributed by atoms with van der Waals surface area (Å²) in [6.45, 7) is 2.65. The van der Waals surface area contributed by atoms with E-state index in [0.29, 0.717) is 16.7 Å². The Morgan fingerprint density at radius 3 is 2.67 bits per heavy atom. The molecule has 0 saturated heterocycles. The van der Waals surface area contributed by atoms with Gasteiger partial charge in [0.25, 0.3) is 0 Å². The van der Waals surface area contributed by atoms with Crippen molar-refractivity contribution < 1.29 is 4.74 Å². The van der Waals surface area contributed by atoms with Crippen molar-refractivity contribution in [2.75, 3.05) is 11.9 Å². The van der Waals surface area contributed by atoms with E-state index in [-0.39, 0.29) is 6.04 Å². The van der Waals surface area contributed by atoms with Gasteiger partial charge in [-0.3, -0.25) is 0 Å². The van der Waals surface area contributed by atoms with Crippen molar-refractivity contribution in [3.05, 3.63) is 56.5 Å². The number of hydrogen-bond acceptors (Lipinski definition) is 2. The predicted molar refractivity (Wildman–Crippen MR) is 89.1 cm³/mol. The smallest absolute Gasteiger partial charge is 0.143 e. The minimum atomic E-state index is 0.116. The molecule has 3 rings (SSSR count). The summed E-state index contributed by atoms with van der Waals surface area (Å²) in [5.74, 6) is 0.719. The molecule has 1 heterocycles. The Kier molecular flexibility index (Phi) is 4.21. The summed E-state index contributed by atoms with van der Waals surface area (Å²) >= 11 is 18.3. The standard InChI is InChI=1S/C16H14Cl3NO/c1-9-6-10(17)2-3-14(9)20-15-4-5-21-16-12(15)7-11(18)8-13(16)19/h2-3,6-8,15,20H,4-5H2,1H3. The van der Waals surface area contributed by atoms with Crippen LogP contribution in [0.4, 0.5) is 5.69 Å². The van der Waals surface area contributed by atoms with E-state index in [4.69, 9.17) is 39.5 Å². The fourth-order valence-electron chi connectivity index (χ4n) is 2.55. The van der Waals surface area contributed by atoms with Gasteiger partial charge in [-0.15, -0.1) is 0 Å². The highest BCUT2D eigenvalue weighted by Gasteiger charge is 2.24. The second-order valence-corrected chi connectivity index (χ2v) is 6.38. The van der Waals surface area contributed by atoms with E-state index in [0.717, 1.165) is 34.0 Å². The zero-order chi connectivity index (χ0) is 15.0. The van der Waals surface area contributed by atoms with Crippen LogP contribution in [0.15, 0.2) is 30.3 Å². The molecule has 0 aliphatic carbocycles. The van der Waals surface area contributed by atoms with Crippen LogP contribution in [-0.2, 0) is 0 Å². The molecule has 2 aromatic rings. The first-order valence-electron chi connectivity index (χ1n) is 6.69. The average Bonchev–Trinajstić information content (AvgIpc) is 2.42. The van der Waals surface area contributed by atoms with Crippen LogP contribution in [0.25, 0.3) is 0 Å². The van der Waals surface area contributed by atoms with E-state index < -0.39 is 0 Å². The Morgan fingerprint density at radius 2 is 1.90 bits per heavy atom. The lowest BCUT2D eigenvalue weighted by atomic mass is 9.99. The molecule has 1 aliphatic rings. The Morgan fingerprint density at radius 1 is 1.10 bits per heavy atom. The molecule has 0 amide bonds. The lowest BCUT2D eigenvalue weighted by molar-refractivity contribution is 0.274.